The van der Waals surface area contributed by atoms with Crippen LogP contribution in [0.1, 0.15) is 18.4 Å². The largest absolute Gasteiger partial charge is 0.388 e. The van der Waals surface area contributed by atoms with E-state index in [2.05, 4.69) is 11.4 Å². The molecule has 4 nitrogen and oxygen atoms in total. The van der Waals surface area contributed by atoms with Crippen LogP contribution in [-0.2, 0) is 11.2 Å². The number of nitrogens with two attached hydrogens (primary N) is 1. The second-order valence-electron chi connectivity index (χ2n) is 4.28. The molecule has 0 unspecified atom stereocenters. The van der Waals surface area contributed by atoms with Crippen molar-refractivity contribution in [3.05, 3.63) is 23.8 Å². The van der Waals surface area contributed by atoms with E-state index in [1.807, 2.05) is 24.1 Å². The molecular weight excluding hydrogens is 214 g/mol. The molecule has 0 fully saturated rings. The van der Waals surface area contributed by atoms with Crippen molar-refractivity contribution in [3.63, 3.8) is 0 Å². The average molecular weight is 233 g/mol. The number of anilines is 2. The molecule has 1 aliphatic rings. The van der Waals surface area contributed by atoms with Crippen molar-refractivity contribution in [1.82, 2.24) is 0 Å². The molecule has 0 spiro atoms. The Morgan fingerprint density at radius 1 is 1.41 bits per heavy atom. The van der Waals surface area contributed by atoms with Crippen molar-refractivity contribution >= 4 is 17.3 Å². The molecule has 1 aromatic carbocycles. The molecule has 0 bridgehead atoms. The molecular formula is C13H19N3O. The van der Waals surface area contributed by atoms with Gasteiger partial charge in [-0.05, 0) is 43.1 Å². The van der Waals surface area contributed by atoms with Crippen molar-refractivity contribution in [2.24, 2.45) is 5.73 Å². The SMILES string of the molecule is CNc1ccc2c(c1)CCC(=O)N2CCCN. The maximum atomic E-state index is 11.9. The molecule has 3 N–H and O–H groups in total. The predicted molar refractivity (Wildman–Crippen MR) is 70.3 cm³/mol. The number of fused-ring (bicyclic) bond motifs is 1. The standard InChI is InChI=1S/C13H19N3O/c1-15-11-4-5-12-10(9-11)3-6-13(17)16(12)8-2-7-14/h4-5,9,15H,2-3,6-8,14H2,1H3. The lowest BCUT2D eigenvalue weighted by Gasteiger charge is -2.29. The van der Waals surface area contributed by atoms with Gasteiger partial charge in [-0.25, -0.2) is 0 Å². The molecule has 0 atom stereocenters. The Balaban J connectivity index is 2.28. The van der Waals surface area contributed by atoms with Gasteiger partial charge in [0.1, 0.15) is 0 Å². The molecule has 1 heterocycles. The summed E-state index contributed by atoms with van der Waals surface area (Å²) in [4.78, 5) is 13.8. The lowest BCUT2D eigenvalue weighted by molar-refractivity contribution is -0.118. The highest BCUT2D eigenvalue weighted by Crippen LogP contribution is 2.30. The topological polar surface area (TPSA) is 58.4 Å². The fourth-order valence-electron chi connectivity index (χ4n) is 2.21. The van der Waals surface area contributed by atoms with Gasteiger partial charge in [0, 0.05) is 31.4 Å². The van der Waals surface area contributed by atoms with Crippen LogP contribution in [0.5, 0.6) is 0 Å². The molecule has 0 aromatic heterocycles. The first-order valence-corrected chi connectivity index (χ1v) is 6.07. The summed E-state index contributed by atoms with van der Waals surface area (Å²) < 4.78 is 0. The van der Waals surface area contributed by atoms with Crippen LogP contribution in [-0.4, -0.2) is 26.0 Å². The number of carbonyl (C=O) groups excluding carboxylic acids is 1. The highest BCUT2D eigenvalue weighted by Gasteiger charge is 2.23. The molecule has 2 rings (SSSR count). The van der Waals surface area contributed by atoms with E-state index in [1.54, 1.807) is 0 Å². The minimum atomic E-state index is 0.211. The Bertz CT molecular complexity index is 417. The number of amides is 1. The molecule has 0 radical (unpaired) electrons. The highest BCUT2D eigenvalue weighted by atomic mass is 16.2. The molecule has 0 saturated heterocycles. The third kappa shape index (κ3) is 2.42. The van der Waals surface area contributed by atoms with Crippen molar-refractivity contribution in [2.45, 2.75) is 19.3 Å². The number of benzene rings is 1. The number of nitrogens with zero attached hydrogens (tertiary/aromatic N) is 1. The summed E-state index contributed by atoms with van der Waals surface area (Å²) in [6, 6.07) is 6.15. The zero-order valence-electron chi connectivity index (χ0n) is 10.2. The van der Waals surface area contributed by atoms with Crippen LogP contribution in [0.4, 0.5) is 11.4 Å². The van der Waals surface area contributed by atoms with E-state index in [1.165, 1.54) is 5.56 Å². The molecule has 92 valence electrons. The van der Waals surface area contributed by atoms with Gasteiger partial charge in [0.2, 0.25) is 5.91 Å². The van der Waals surface area contributed by atoms with E-state index in [4.69, 9.17) is 5.73 Å². The van der Waals surface area contributed by atoms with Crippen LogP contribution < -0.4 is 16.0 Å². The summed E-state index contributed by atoms with van der Waals surface area (Å²) >= 11 is 0. The van der Waals surface area contributed by atoms with Gasteiger partial charge in [0.25, 0.3) is 0 Å². The fraction of sp³-hybridized carbons (Fsp3) is 0.462. The van der Waals surface area contributed by atoms with Crippen LogP contribution in [0.3, 0.4) is 0 Å². The first-order valence-electron chi connectivity index (χ1n) is 6.07. The molecule has 1 aliphatic heterocycles. The summed E-state index contributed by atoms with van der Waals surface area (Å²) in [6.45, 7) is 1.34. The van der Waals surface area contributed by atoms with Crippen LogP contribution in [0.2, 0.25) is 0 Å². The van der Waals surface area contributed by atoms with Crippen LogP contribution >= 0.6 is 0 Å². The highest BCUT2D eigenvalue weighted by molar-refractivity contribution is 5.96. The molecule has 1 aromatic rings. The van der Waals surface area contributed by atoms with E-state index in [9.17, 15) is 4.79 Å². The third-order valence-electron chi connectivity index (χ3n) is 3.15. The summed E-state index contributed by atoms with van der Waals surface area (Å²) in [5.74, 6) is 0.211. The summed E-state index contributed by atoms with van der Waals surface area (Å²) in [5, 5.41) is 3.12. The Kier molecular flexibility index (Phi) is 3.64. The second kappa shape index (κ2) is 5.19. The van der Waals surface area contributed by atoms with Crippen LogP contribution in [0.15, 0.2) is 18.2 Å². The van der Waals surface area contributed by atoms with Gasteiger partial charge in [-0.3, -0.25) is 4.79 Å². The van der Waals surface area contributed by atoms with Crippen LogP contribution in [0, 0.1) is 0 Å². The van der Waals surface area contributed by atoms with Gasteiger partial charge in [0.15, 0.2) is 0 Å². The number of hydrogen-bond donors (Lipinski definition) is 2. The zero-order chi connectivity index (χ0) is 12.3. The molecule has 1 amide bonds. The molecule has 4 heteroatoms. The number of nitrogens with one attached hydrogen (secondary N) is 1. The first kappa shape index (κ1) is 11.9. The summed E-state index contributed by atoms with van der Waals surface area (Å²) in [5.41, 5.74) is 8.90. The number of aryl methyl sites for hydroxylation is 1. The van der Waals surface area contributed by atoms with Crippen molar-refractivity contribution < 1.29 is 4.79 Å². The quantitative estimate of drug-likeness (QED) is 0.825. The minimum Gasteiger partial charge on any atom is -0.388 e. The van der Waals surface area contributed by atoms with Crippen molar-refractivity contribution in [3.8, 4) is 0 Å². The van der Waals surface area contributed by atoms with Gasteiger partial charge < -0.3 is 16.0 Å². The number of rotatable bonds is 4. The Labute approximate surface area is 102 Å². The Morgan fingerprint density at radius 2 is 2.24 bits per heavy atom. The van der Waals surface area contributed by atoms with E-state index in [-0.39, 0.29) is 5.91 Å². The average Bonchev–Trinajstić information content (AvgIpc) is 2.37. The lowest BCUT2D eigenvalue weighted by atomic mass is 10.00. The van der Waals surface area contributed by atoms with E-state index < -0.39 is 0 Å². The lowest BCUT2D eigenvalue weighted by Crippen LogP contribution is -2.36. The molecule has 0 aliphatic carbocycles. The minimum absolute atomic E-state index is 0.211. The van der Waals surface area contributed by atoms with Gasteiger partial charge in [-0.15, -0.1) is 0 Å². The maximum absolute atomic E-state index is 11.9. The Morgan fingerprint density at radius 3 is 2.94 bits per heavy atom. The summed E-state index contributed by atoms with van der Waals surface area (Å²) in [7, 11) is 1.90. The molecule has 0 saturated carbocycles. The predicted octanol–water partition coefficient (Wildman–Crippen LogP) is 1.36. The zero-order valence-corrected chi connectivity index (χ0v) is 10.2. The second-order valence-corrected chi connectivity index (χ2v) is 4.28. The first-order chi connectivity index (χ1) is 8.26. The van der Waals surface area contributed by atoms with Crippen molar-refractivity contribution in [1.29, 1.82) is 0 Å². The monoisotopic (exact) mass is 233 g/mol. The smallest absolute Gasteiger partial charge is 0.227 e. The van der Waals surface area contributed by atoms with E-state index >= 15 is 0 Å². The van der Waals surface area contributed by atoms with Crippen molar-refractivity contribution in [2.75, 3.05) is 30.4 Å². The van der Waals surface area contributed by atoms with E-state index in [0.717, 1.165) is 30.8 Å². The number of carbonyl (C=O) groups is 1. The normalized spacial score (nSPS) is 14.7. The van der Waals surface area contributed by atoms with Gasteiger partial charge in [0.05, 0.1) is 0 Å². The van der Waals surface area contributed by atoms with Crippen LogP contribution in [0.25, 0.3) is 0 Å². The van der Waals surface area contributed by atoms with Gasteiger partial charge in [-0.1, -0.05) is 0 Å². The van der Waals surface area contributed by atoms with Gasteiger partial charge >= 0.3 is 0 Å². The summed E-state index contributed by atoms with van der Waals surface area (Å²) in [6.07, 6.45) is 2.28. The van der Waals surface area contributed by atoms with E-state index in [0.29, 0.717) is 13.0 Å². The Hall–Kier alpha value is -1.55. The van der Waals surface area contributed by atoms with Gasteiger partial charge in [-0.2, -0.15) is 0 Å². The molecule has 17 heavy (non-hydrogen) atoms. The number of hydrogen-bond acceptors (Lipinski definition) is 3. The maximum Gasteiger partial charge on any atom is 0.227 e. The fourth-order valence-corrected chi connectivity index (χ4v) is 2.21. The third-order valence-corrected chi connectivity index (χ3v) is 3.15.